The molecule has 0 saturated heterocycles. The Morgan fingerprint density at radius 3 is 1.98 bits per heavy atom. The van der Waals surface area contributed by atoms with E-state index in [1.54, 1.807) is 60.7 Å². The van der Waals surface area contributed by atoms with Gasteiger partial charge in [-0.25, -0.2) is 10.5 Å². The Bertz CT molecular complexity index is 3450. The van der Waals surface area contributed by atoms with E-state index >= 15 is 0 Å². The van der Waals surface area contributed by atoms with Gasteiger partial charge in [-0.15, -0.1) is 34.2 Å². The topological polar surface area (TPSA) is 328 Å². The van der Waals surface area contributed by atoms with E-state index in [9.17, 15) is 36.2 Å². The van der Waals surface area contributed by atoms with E-state index in [2.05, 4.69) is 54.7 Å². The number of nitrogens with zero attached hydrogens (tertiary/aromatic N) is 7. The molecule has 0 aliphatic rings. The summed E-state index contributed by atoms with van der Waals surface area (Å²) in [7, 11) is -7.66. The maximum atomic E-state index is 12.0. The van der Waals surface area contributed by atoms with Crippen LogP contribution < -0.4 is 10.1 Å². The van der Waals surface area contributed by atoms with E-state index in [0.717, 1.165) is 6.07 Å². The van der Waals surface area contributed by atoms with Crippen molar-refractivity contribution >= 4 is 111 Å². The summed E-state index contributed by atoms with van der Waals surface area (Å²) in [5.74, 6) is -0.597. The van der Waals surface area contributed by atoms with Crippen LogP contribution in [0.4, 0.5) is 34.1 Å². The number of aromatic nitrogens is 3. The summed E-state index contributed by atoms with van der Waals surface area (Å²) in [5.41, 5.74) is 2.47. The van der Waals surface area contributed by atoms with Crippen LogP contribution in [0.5, 0.6) is 17.2 Å². The maximum Gasteiger partial charge on any atom is 0.294 e. The van der Waals surface area contributed by atoms with E-state index in [0.29, 0.717) is 79.4 Å². The molecule has 0 fully saturated rings. The highest BCUT2D eigenvalue weighted by Gasteiger charge is 2.20. The molecule has 0 spiro atoms. The highest BCUT2D eigenvalue weighted by molar-refractivity contribution is 7.95. The van der Waals surface area contributed by atoms with Crippen molar-refractivity contribution in [3.8, 4) is 22.9 Å². The summed E-state index contributed by atoms with van der Waals surface area (Å²) in [5, 5.41) is 77.7. The normalized spacial score (nSPS) is 12.3. The number of phenolic OH excluding ortho intramolecular Hbond substituents is 2. The van der Waals surface area contributed by atoms with Crippen LogP contribution in [0.1, 0.15) is 0 Å². The van der Waals surface area contributed by atoms with Crippen molar-refractivity contribution in [2.24, 2.45) is 20.5 Å². The zero-order valence-corrected chi connectivity index (χ0v) is 36.3. The number of benzene rings is 7. The molecule has 0 bridgehead atoms. The summed E-state index contributed by atoms with van der Waals surface area (Å²) in [6, 6.07) is 26.5. The van der Waals surface area contributed by atoms with Crippen molar-refractivity contribution in [3.05, 3.63) is 109 Å². The van der Waals surface area contributed by atoms with Gasteiger partial charge < -0.3 is 20.3 Å². The third kappa shape index (κ3) is 9.86. The molecule has 338 valence electrons. The highest BCUT2D eigenvalue weighted by atomic mass is 32.2. The summed E-state index contributed by atoms with van der Waals surface area (Å²) in [6.07, 6.45) is 0. The largest absolute Gasteiger partial charge is 0.506 e. The van der Waals surface area contributed by atoms with Crippen LogP contribution in [0.25, 0.3) is 38.3 Å². The minimum absolute atomic E-state index is 0.0897. The maximum absolute atomic E-state index is 12.0. The minimum atomic E-state index is -4.65. The molecule has 7 aromatic carbocycles. The number of phenols is 2. The zero-order valence-electron chi connectivity index (χ0n) is 33.0. The molecule has 0 amide bonds. The fourth-order valence-corrected chi connectivity index (χ4v) is 8.52. The lowest BCUT2D eigenvalue weighted by Gasteiger charge is -2.12. The molecule has 23 nitrogen and oxygen atoms in total. The van der Waals surface area contributed by atoms with Crippen LogP contribution in [0.15, 0.2) is 149 Å². The number of nitrogens with one attached hydrogen (secondary N) is 1. The molecule has 0 atom stereocenters. The van der Waals surface area contributed by atoms with Gasteiger partial charge in [0.1, 0.15) is 39.6 Å². The molecule has 0 unspecified atom stereocenters. The molecular weight excluding hydrogens is 949 g/mol. The Kier molecular flexibility index (Phi) is 13.1. The van der Waals surface area contributed by atoms with Crippen molar-refractivity contribution in [1.29, 1.82) is 0 Å². The molecule has 66 heavy (non-hydrogen) atoms. The second-order valence-electron chi connectivity index (χ2n) is 13.4. The number of hydrogen-bond donors (Lipinski definition) is 7. The Balaban J connectivity index is 1.02. The third-order valence-electron chi connectivity index (χ3n) is 9.40. The second kappa shape index (κ2) is 18.9. The lowest BCUT2D eigenvalue weighted by Crippen LogP contribution is -1.99. The number of hydrogen-bond acceptors (Lipinski definition) is 22. The van der Waals surface area contributed by atoms with Gasteiger partial charge in [-0.2, -0.15) is 26.7 Å². The van der Waals surface area contributed by atoms with E-state index in [4.69, 9.17) is 15.3 Å². The molecule has 0 aliphatic carbocycles. The molecule has 8 rings (SSSR count). The lowest BCUT2D eigenvalue weighted by molar-refractivity contribution is -0.432. The van der Waals surface area contributed by atoms with Crippen molar-refractivity contribution in [3.63, 3.8) is 0 Å². The van der Waals surface area contributed by atoms with Crippen LogP contribution in [0.2, 0.25) is 0 Å². The Morgan fingerprint density at radius 1 is 0.636 bits per heavy atom. The number of rotatable bonds is 16. The smallest absolute Gasteiger partial charge is 0.294 e. The summed E-state index contributed by atoms with van der Waals surface area (Å²) in [4.78, 5) is 0.909. The molecular formula is C39H28N8O15S4. The van der Waals surface area contributed by atoms with E-state index < -0.39 is 25.1 Å². The minimum Gasteiger partial charge on any atom is -0.506 e. The number of methoxy groups -OCH3 is 1. The van der Waals surface area contributed by atoms with E-state index in [1.807, 2.05) is 0 Å². The van der Waals surface area contributed by atoms with Gasteiger partial charge in [-0.3, -0.25) is 9.11 Å². The summed E-state index contributed by atoms with van der Waals surface area (Å²) >= 11 is 1.01. The Hall–Kier alpha value is -6.86. The van der Waals surface area contributed by atoms with Gasteiger partial charge in [0.2, 0.25) is 0 Å². The first-order chi connectivity index (χ1) is 31.6. The summed E-state index contributed by atoms with van der Waals surface area (Å²) < 4.78 is 80.5. The number of aromatic hydroxyl groups is 2. The SMILES string of the molecule is COc1cc(N=Nc2c(SOOO)cc3cc(Nc4ccc(S(=O)(=O)O)cc4)ccc3c2O)c(O)cc1N=Nc1ccc(-n2nc3ccc4c(SOOO)cc(S(=O)(=O)O)cc4c3n2)cc1. The molecule has 7 N–H and O–H groups in total. The first kappa shape index (κ1) is 45.7. The van der Waals surface area contributed by atoms with Gasteiger partial charge in [0.05, 0.1) is 57.3 Å². The first-order valence-electron chi connectivity index (χ1n) is 18.2. The van der Waals surface area contributed by atoms with E-state index in [1.165, 1.54) is 54.4 Å². The average molecular weight is 977 g/mol. The van der Waals surface area contributed by atoms with Gasteiger partial charge in [0.15, 0.2) is 5.75 Å². The number of ether oxygens (including phenoxy) is 1. The molecule has 0 aliphatic heterocycles. The Labute approximate surface area is 379 Å². The molecule has 1 aromatic heterocycles. The molecule has 0 radical (unpaired) electrons. The number of azo groups is 2. The average Bonchev–Trinajstić information content (AvgIpc) is 3.74. The fraction of sp³-hybridized carbons (Fsp3) is 0.0256. The van der Waals surface area contributed by atoms with Crippen LogP contribution >= 0.6 is 24.1 Å². The molecule has 1 heterocycles. The highest BCUT2D eigenvalue weighted by Crippen LogP contribution is 2.46. The Morgan fingerprint density at radius 2 is 1.30 bits per heavy atom. The second-order valence-corrected chi connectivity index (χ2v) is 17.8. The van der Waals surface area contributed by atoms with Crippen LogP contribution in [-0.2, 0) is 39.0 Å². The standard InChI is InChI=1S/C39H28N8O15S4/c1-58-34-19-31(42-44-38-36(64-62-60-51)15-20-14-23(6-11-27(20)39(38)49)40-21-4-9-25(10-5-21)65(52,53)54)33(48)18-32(34)43-41-22-2-7-24(8-3-22)47-45-30-13-12-28-29(37(30)46-47)16-26(66(55,56)57)17-35(28)63-61-59-50/h2-19,40,48-51H,1H3,(H,52,53,54)(H,55,56,57). The monoisotopic (exact) mass is 976 g/mol. The number of fused-ring (bicyclic) bond motifs is 4. The predicted octanol–water partition coefficient (Wildman–Crippen LogP) is 10.1. The van der Waals surface area contributed by atoms with Crippen LogP contribution in [0, 0.1) is 0 Å². The van der Waals surface area contributed by atoms with Gasteiger partial charge in [-0.1, -0.05) is 16.1 Å². The molecule has 8 aromatic rings. The van der Waals surface area contributed by atoms with Crippen molar-refractivity contribution < 1.29 is 70.1 Å². The lowest BCUT2D eigenvalue weighted by atomic mass is 10.1. The van der Waals surface area contributed by atoms with Gasteiger partial charge >= 0.3 is 0 Å². The van der Waals surface area contributed by atoms with Crippen molar-refractivity contribution in [1.82, 2.24) is 15.0 Å². The molecule has 0 saturated carbocycles. The quantitative estimate of drug-likeness (QED) is 0.0156. The van der Waals surface area contributed by atoms with E-state index in [-0.39, 0.29) is 49.0 Å². The third-order valence-corrected chi connectivity index (χ3v) is 12.4. The van der Waals surface area contributed by atoms with Crippen LogP contribution in [0.3, 0.4) is 0 Å². The van der Waals surface area contributed by atoms with Gasteiger partial charge in [-0.05, 0) is 96.4 Å². The summed E-state index contributed by atoms with van der Waals surface area (Å²) in [6.45, 7) is 0. The van der Waals surface area contributed by atoms with Gasteiger partial charge in [0, 0.05) is 44.6 Å². The van der Waals surface area contributed by atoms with Crippen LogP contribution in [-0.4, -0.2) is 68.8 Å². The zero-order chi connectivity index (χ0) is 46.8. The first-order valence-corrected chi connectivity index (χ1v) is 22.6. The predicted molar refractivity (Wildman–Crippen MR) is 236 cm³/mol. The fourth-order valence-electron chi connectivity index (χ4n) is 6.39. The van der Waals surface area contributed by atoms with Crippen molar-refractivity contribution in [2.75, 3.05) is 12.4 Å². The van der Waals surface area contributed by atoms with Crippen molar-refractivity contribution in [2.45, 2.75) is 19.6 Å². The van der Waals surface area contributed by atoms with Gasteiger partial charge in [0.25, 0.3) is 20.2 Å². The number of anilines is 2. The molecule has 27 heteroatoms.